The van der Waals surface area contributed by atoms with Crippen LogP contribution in [-0.2, 0) is 0 Å². The van der Waals surface area contributed by atoms with Crippen LogP contribution in [0.1, 0.15) is 0 Å². The fourth-order valence-electron chi connectivity index (χ4n) is 0.471. The third kappa shape index (κ3) is 1.18. The molecule has 0 bridgehead atoms. The number of hydrogen-bond donors (Lipinski definition) is 3. The predicted molar refractivity (Wildman–Crippen MR) is 36.0 cm³/mol. The van der Waals surface area contributed by atoms with Crippen LogP contribution < -0.4 is 16.4 Å². The van der Waals surface area contributed by atoms with Crippen LogP contribution in [0.4, 0.5) is 0 Å². The van der Waals surface area contributed by atoms with Gasteiger partial charge in [0.05, 0.1) is 0 Å². The van der Waals surface area contributed by atoms with Crippen molar-refractivity contribution in [3.05, 3.63) is 12.3 Å². The first-order valence-electron chi connectivity index (χ1n) is 2.28. The summed E-state index contributed by atoms with van der Waals surface area (Å²) in [4.78, 5) is 0.677. The fraction of sp³-hybridized carbons (Fsp3) is 0.250. The highest BCUT2D eigenvalue weighted by Gasteiger charge is 2.01. The molecule has 0 aromatic carbocycles. The van der Waals surface area contributed by atoms with Crippen LogP contribution in [-0.4, -0.2) is 11.3 Å². The Bertz CT molecular complexity index is 131. The zero-order chi connectivity index (χ0) is 5.98. The molecule has 0 amide bonds. The maximum absolute atomic E-state index is 5.36. The van der Waals surface area contributed by atoms with E-state index >= 15 is 0 Å². The molecule has 1 rings (SSSR count). The monoisotopic (exact) mass is 129 g/mol. The molecule has 4 heteroatoms. The maximum atomic E-state index is 5.36. The molecule has 0 radical (unpaired) electrons. The topological polar surface area (TPSA) is 50.1 Å². The second-order valence-electron chi connectivity index (χ2n) is 1.49. The summed E-state index contributed by atoms with van der Waals surface area (Å²) < 4.78 is 0. The van der Waals surface area contributed by atoms with E-state index in [1.165, 1.54) is 0 Å². The minimum absolute atomic E-state index is 0.215. The van der Waals surface area contributed by atoms with E-state index in [1.54, 1.807) is 12.3 Å². The van der Waals surface area contributed by atoms with E-state index < -0.39 is 0 Å². The lowest BCUT2D eigenvalue weighted by Crippen LogP contribution is -2.51. The van der Waals surface area contributed by atoms with Crippen molar-refractivity contribution in [1.82, 2.24) is 10.6 Å². The lowest BCUT2D eigenvalue weighted by atomic mass is 10.5. The molecule has 3 nitrogen and oxygen atoms in total. The van der Waals surface area contributed by atoms with Gasteiger partial charge in [0.15, 0.2) is 6.29 Å². The molecular weight excluding hydrogens is 122 g/mol. The van der Waals surface area contributed by atoms with Crippen molar-refractivity contribution >= 4 is 17.2 Å². The van der Waals surface area contributed by atoms with Crippen LogP contribution in [0.2, 0.25) is 0 Å². The molecule has 1 aliphatic rings. The Hall–Kier alpha value is -0.610. The molecule has 44 valence electrons. The van der Waals surface area contributed by atoms with E-state index in [9.17, 15) is 0 Å². The normalized spacial score (nSPS) is 26.6. The Kier molecular flexibility index (Phi) is 1.45. The van der Waals surface area contributed by atoms with Gasteiger partial charge in [-0.15, -0.1) is 0 Å². The smallest absolute Gasteiger partial charge is 0.150 e. The molecule has 0 saturated heterocycles. The molecule has 0 fully saturated rings. The van der Waals surface area contributed by atoms with Crippen LogP contribution in [0.15, 0.2) is 12.3 Å². The van der Waals surface area contributed by atoms with Crippen LogP contribution in [0, 0.1) is 0 Å². The predicted octanol–water partition coefficient (Wildman–Crippen LogP) is -0.737. The highest BCUT2D eigenvalue weighted by molar-refractivity contribution is 7.80. The Balaban J connectivity index is 2.54. The van der Waals surface area contributed by atoms with E-state index in [2.05, 4.69) is 10.6 Å². The van der Waals surface area contributed by atoms with Crippen molar-refractivity contribution in [2.45, 2.75) is 6.29 Å². The minimum atomic E-state index is -0.215. The van der Waals surface area contributed by atoms with Crippen molar-refractivity contribution in [3.63, 3.8) is 0 Å². The average Bonchev–Trinajstić information content (AvgIpc) is 1.64. The Morgan fingerprint density at radius 3 is 2.88 bits per heavy atom. The summed E-state index contributed by atoms with van der Waals surface area (Å²) in [5.41, 5.74) is 5.36. The van der Waals surface area contributed by atoms with Gasteiger partial charge in [0, 0.05) is 6.20 Å². The third-order valence-electron chi connectivity index (χ3n) is 0.808. The second kappa shape index (κ2) is 2.11. The average molecular weight is 129 g/mol. The van der Waals surface area contributed by atoms with E-state index in [0.717, 1.165) is 0 Å². The van der Waals surface area contributed by atoms with Gasteiger partial charge in [0.1, 0.15) is 4.99 Å². The molecule has 0 aliphatic carbocycles. The van der Waals surface area contributed by atoms with Gasteiger partial charge in [-0.1, -0.05) is 12.2 Å². The molecule has 1 heterocycles. The van der Waals surface area contributed by atoms with Gasteiger partial charge >= 0.3 is 0 Å². The molecule has 1 unspecified atom stereocenters. The Morgan fingerprint density at radius 1 is 1.75 bits per heavy atom. The largest absolute Gasteiger partial charge is 0.359 e. The molecule has 0 aromatic heterocycles. The van der Waals surface area contributed by atoms with Gasteiger partial charge in [-0.05, 0) is 6.08 Å². The lowest BCUT2D eigenvalue weighted by Gasteiger charge is -2.17. The standard InChI is InChI=1S/C4H7N3S/c5-4-6-2-1-3(8)7-4/h1-2,4,6H,5H2,(H,7,8). The first-order chi connectivity index (χ1) is 3.79. The number of hydrogen-bond acceptors (Lipinski definition) is 3. The van der Waals surface area contributed by atoms with Crippen LogP contribution >= 0.6 is 12.2 Å². The van der Waals surface area contributed by atoms with Gasteiger partial charge in [-0.2, -0.15) is 0 Å². The summed E-state index contributed by atoms with van der Waals surface area (Å²) in [6.07, 6.45) is 3.26. The first kappa shape index (κ1) is 5.53. The molecule has 0 spiro atoms. The molecule has 8 heavy (non-hydrogen) atoms. The molecule has 1 aliphatic heterocycles. The van der Waals surface area contributed by atoms with Crippen LogP contribution in [0.3, 0.4) is 0 Å². The van der Waals surface area contributed by atoms with E-state index in [-0.39, 0.29) is 6.29 Å². The summed E-state index contributed by atoms with van der Waals surface area (Å²) in [7, 11) is 0. The number of thiocarbonyl (C=S) groups is 1. The summed E-state index contributed by atoms with van der Waals surface area (Å²) in [5, 5.41) is 5.60. The minimum Gasteiger partial charge on any atom is -0.359 e. The van der Waals surface area contributed by atoms with E-state index in [0.29, 0.717) is 4.99 Å². The third-order valence-corrected chi connectivity index (χ3v) is 1.06. The van der Waals surface area contributed by atoms with Crippen molar-refractivity contribution < 1.29 is 0 Å². The second-order valence-corrected chi connectivity index (χ2v) is 1.93. The Labute approximate surface area is 52.9 Å². The Morgan fingerprint density at radius 2 is 2.50 bits per heavy atom. The van der Waals surface area contributed by atoms with Crippen molar-refractivity contribution in [1.29, 1.82) is 0 Å². The van der Waals surface area contributed by atoms with Gasteiger partial charge < -0.3 is 10.6 Å². The molecule has 1 atom stereocenters. The molecular formula is C4H7N3S. The highest BCUT2D eigenvalue weighted by atomic mass is 32.1. The molecule has 0 aromatic rings. The van der Waals surface area contributed by atoms with Gasteiger partial charge in [-0.25, -0.2) is 0 Å². The quantitative estimate of drug-likeness (QED) is 0.377. The van der Waals surface area contributed by atoms with Gasteiger partial charge in [-0.3, -0.25) is 5.73 Å². The van der Waals surface area contributed by atoms with Crippen molar-refractivity contribution in [2.24, 2.45) is 5.73 Å². The fourth-order valence-corrected chi connectivity index (χ4v) is 0.666. The zero-order valence-electron chi connectivity index (χ0n) is 4.22. The van der Waals surface area contributed by atoms with Gasteiger partial charge in [0.2, 0.25) is 0 Å². The van der Waals surface area contributed by atoms with E-state index in [4.69, 9.17) is 18.0 Å². The maximum Gasteiger partial charge on any atom is 0.150 e. The van der Waals surface area contributed by atoms with E-state index in [1.807, 2.05) is 0 Å². The summed E-state index contributed by atoms with van der Waals surface area (Å²) in [6, 6.07) is 0. The zero-order valence-corrected chi connectivity index (χ0v) is 5.03. The first-order valence-corrected chi connectivity index (χ1v) is 2.68. The van der Waals surface area contributed by atoms with Crippen LogP contribution in [0.5, 0.6) is 0 Å². The number of nitrogens with two attached hydrogens (primary N) is 1. The van der Waals surface area contributed by atoms with Crippen molar-refractivity contribution in [2.75, 3.05) is 0 Å². The SMILES string of the molecule is NC1NC=CC(=S)N1. The molecule has 0 saturated carbocycles. The van der Waals surface area contributed by atoms with Gasteiger partial charge in [0.25, 0.3) is 0 Å². The molecule has 4 N–H and O–H groups in total. The summed E-state index contributed by atoms with van der Waals surface area (Å²) in [6.45, 7) is 0. The summed E-state index contributed by atoms with van der Waals surface area (Å²) in [5.74, 6) is 0. The highest BCUT2D eigenvalue weighted by Crippen LogP contribution is 1.81. The lowest BCUT2D eigenvalue weighted by molar-refractivity contribution is 0.571. The summed E-state index contributed by atoms with van der Waals surface area (Å²) >= 11 is 4.76. The van der Waals surface area contributed by atoms with Crippen molar-refractivity contribution in [3.8, 4) is 0 Å². The number of nitrogens with one attached hydrogen (secondary N) is 2. The number of rotatable bonds is 0. The van der Waals surface area contributed by atoms with Crippen LogP contribution in [0.25, 0.3) is 0 Å².